The third-order valence-electron chi connectivity index (χ3n) is 1.66. The first-order valence-electron chi connectivity index (χ1n) is 4.41. The lowest BCUT2D eigenvalue weighted by atomic mass is 10.2. The largest absolute Gasteiger partial charge is 0.447 e. The zero-order valence-electron chi connectivity index (χ0n) is 8.24. The lowest BCUT2D eigenvalue weighted by molar-refractivity contribution is 0.131. The highest BCUT2D eigenvalue weighted by atomic mass is 35.5. The Morgan fingerprint density at radius 1 is 1.62 bits per heavy atom. The highest BCUT2D eigenvalue weighted by Gasteiger charge is 2.05. The number of hydrogen-bond acceptors (Lipinski definition) is 4. The van der Waals surface area contributed by atoms with Crippen LogP contribution in [-0.2, 0) is 4.74 Å². The van der Waals surface area contributed by atoms with Gasteiger partial charge in [0, 0.05) is 5.69 Å². The van der Waals surface area contributed by atoms with Crippen LogP contribution in [0.15, 0.2) is 18.2 Å². The van der Waals surface area contributed by atoms with Crippen LogP contribution in [0.25, 0.3) is 0 Å². The fourth-order valence-electron chi connectivity index (χ4n) is 0.976. The number of aliphatic hydroxyl groups is 1. The minimum absolute atomic E-state index is 0.0736. The van der Waals surface area contributed by atoms with Gasteiger partial charge in [0.2, 0.25) is 0 Å². The molecule has 0 spiro atoms. The molecule has 0 radical (unpaired) electrons. The molecule has 2 N–H and O–H groups in total. The van der Waals surface area contributed by atoms with E-state index in [1.165, 1.54) is 18.2 Å². The molecule has 0 heterocycles. The number of carbonyl (C=O) groups excluding carboxylic acids is 1. The van der Waals surface area contributed by atoms with E-state index >= 15 is 0 Å². The monoisotopic (exact) mass is 240 g/mol. The highest BCUT2D eigenvalue weighted by Crippen LogP contribution is 2.20. The minimum Gasteiger partial charge on any atom is -0.447 e. The Hall–Kier alpha value is -1.77. The number of nitrogens with one attached hydrogen (secondary N) is 1. The van der Waals surface area contributed by atoms with Crippen LogP contribution in [0, 0.1) is 11.3 Å². The summed E-state index contributed by atoms with van der Waals surface area (Å²) in [7, 11) is 0. The highest BCUT2D eigenvalue weighted by molar-refractivity contribution is 6.32. The molecule has 84 valence electrons. The average Bonchev–Trinajstić information content (AvgIpc) is 2.26. The van der Waals surface area contributed by atoms with Gasteiger partial charge in [0.05, 0.1) is 17.2 Å². The van der Waals surface area contributed by atoms with Gasteiger partial charge in [-0.15, -0.1) is 0 Å². The summed E-state index contributed by atoms with van der Waals surface area (Å²) in [5, 5.41) is 19.7. The minimum atomic E-state index is -0.685. The van der Waals surface area contributed by atoms with E-state index in [1.54, 1.807) is 0 Å². The van der Waals surface area contributed by atoms with Crippen LogP contribution in [-0.4, -0.2) is 24.4 Å². The quantitative estimate of drug-likeness (QED) is 0.843. The number of hydrogen-bond donors (Lipinski definition) is 2. The summed E-state index contributed by atoms with van der Waals surface area (Å²) in [5.74, 6) is 0. The van der Waals surface area contributed by atoms with E-state index in [4.69, 9.17) is 22.0 Å². The molecule has 5 nitrogen and oxygen atoms in total. The van der Waals surface area contributed by atoms with Gasteiger partial charge in [-0.1, -0.05) is 11.6 Å². The lowest BCUT2D eigenvalue weighted by Gasteiger charge is -2.06. The number of nitrogens with zero attached hydrogens (tertiary/aromatic N) is 1. The summed E-state index contributed by atoms with van der Waals surface area (Å²) >= 11 is 5.76. The number of amides is 1. The molecule has 0 atom stereocenters. The maximum Gasteiger partial charge on any atom is 0.411 e. The van der Waals surface area contributed by atoms with Gasteiger partial charge in [-0.05, 0) is 18.2 Å². The summed E-state index contributed by atoms with van der Waals surface area (Å²) in [6.45, 7) is -0.308. The molecule has 0 aromatic heterocycles. The maximum atomic E-state index is 11.1. The summed E-state index contributed by atoms with van der Waals surface area (Å²) in [4.78, 5) is 11.1. The van der Waals surface area contributed by atoms with Crippen LogP contribution in [0.4, 0.5) is 10.5 Å². The molecule has 0 aliphatic carbocycles. The molecule has 0 fully saturated rings. The fourth-order valence-corrected chi connectivity index (χ4v) is 1.20. The number of ether oxygens (including phenoxy) is 1. The van der Waals surface area contributed by atoms with Crippen molar-refractivity contribution in [3.05, 3.63) is 28.8 Å². The molecule has 0 aliphatic rings. The SMILES string of the molecule is N#Cc1ccc(NC(=O)OCCO)cc1Cl. The van der Waals surface area contributed by atoms with Gasteiger partial charge in [-0.2, -0.15) is 5.26 Å². The normalized spacial score (nSPS) is 9.31. The van der Waals surface area contributed by atoms with Crippen molar-refractivity contribution in [1.29, 1.82) is 5.26 Å². The molecule has 0 saturated heterocycles. The zero-order valence-corrected chi connectivity index (χ0v) is 8.99. The number of nitriles is 1. The zero-order chi connectivity index (χ0) is 12.0. The van der Waals surface area contributed by atoms with Gasteiger partial charge in [0.1, 0.15) is 12.7 Å². The van der Waals surface area contributed by atoms with Gasteiger partial charge in [0.15, 0.2) is 0 Å². The second kappa shape index (κ2) is 5.95. The summed E-state index contributed by atoms with van der Waals surface area (Å²) in [6, 6.07) is 6.37. The van der Waals surface area contributed by atoms with Crippen molar-refractivity contribution in [2.24, 2.45) is 0 Å². The van der Waals surface area contributed by atoms with Crippen molar-refractivity contribution in [3.8, 4) is 6.07 Å². The topological polar surface area (TPSA) is 82.4 Å². The molecule has 0 saturated carbocycles. The van der Waals surface area contributed by atoms with Crippen LogP contribution in [0.3, 0.4) is 0 Å². The number of aliphatic hydroxyl groups excluding tert-OH is 1. The molecule has 0 aliphatic heterocycles. The standard InChI is InChI=1S/C10H9ClN2O3/c11-9-5-8(2-1-7(9)6-12)13-10(15)16-4-3-14/h1-2,5,14H,3-4H2,(H,13,15). The second-order valence-electron chi connectivity index (χ2n) is 2.79. The molecule has 1 rings (SSSR count). The van der Waals surface area contributed by atoms with Gasteiger partial charge < -0.3 is 9.84 Å². The predicted octanol–water partition coefficient (Wildman–Crippen LogP) is 1.75. The van der Waals surface area contributed by atoms with Crippen molar-refractivity contribution >= 4 is 23.4 Å². The van der Waals surface area contributed by atoms with Crippen LogP contribution in [0.2, 0.25) is 5.02 Å². The molecular weight excluding hydrogens is 232 g/mol. The third kappa shape index (κ3) is 3.42. The first kappa shape index (κ1) is 12.3. The molecule has 0 bridgehead atoms. The average molecular weight is 241 g/mol. The van der Waals surface area contributed by atoms with Gasteiger partial charge in [-0.3, -0.25) is 5.32 Å². The summed E-state index contributed by atoms with van der Waals surface area (Å²) < 4.78 is 4.58. The Morgan fingerprint density at radius 2 is 2.38 bits per heavy atom. The van der Waals surface area contributed by atoms with Crippen molar-refractivity contribution in [3.63, 3.8) is 0 Å². The van der Waals surface area contributed by atoms with Crippen LogP contribution < -0.4 is 5.32 Å². The second-order valence-corrected chi connectivity index (χ2v) is 3.20. The molecule has 0 unspecified atom stereocenters. The van der Waals surface area contributed by atoms with E-state index in [-0.39, 0.29) is 18.2 Å². The molecular formula is C10H9ClN2O3. The smallest absolute Gasteiger partial charge is 0.411 e. The molecule has 1 aromatic carbocycles. The van der Waals surface area contributed by atoms with Crippen molar-refractivity contribution in [2.45, 2.75) is 0 Å². The van der Waals surface area contributed by atoms with E-state index in [0.717, 1.165) is 0 Å². The van der Waals surface area contributed by atoms with Gasteiger partial charge in [-0.25, -0.2) is 4.79 Å². The first-order chi connectivity index (χ1) is 7.67. The Kier molecular flexibility index (Phi) is 4.58. The van der Waals surface area contributed by atoms with E-state index in [0.29, 0.717) is 11.3 Å². The Morgan fingerprint density at radius 3 is 2.94 bits per heavy atom. The molecule has 1 amide bonds. The molecule has 1 aromatic rings. The number of rotatable bonds is 3. The van der Waals surface area contributed by atoms with Gasteiger partial charge >= 0.3 is 6.09 Å². The van der Waals surface area contributed by atoms with Crippen molar-refractivity contribution in [2.75, 3.05) is 18.5 Å². The van der Waals surface area contributed by atoms with Crippen molar-refractivity contribution < 1.29 is 14.6 Å². The Labute approximate surface area is 97.2 Å². The first-order valence-corrected chi connectivity index (χ1v) is 4.79. The van der Waals surface area contributed by atoms with Crippen LogP contribution in [0.1, 0.15) is 5.56 Å². The Balaban J connectivity index is 2.65. The van der Waals surface area contributed by atoms with E-state index < -0.39 is 6.09 Å². The number of anilines is 1. The van der Waals surface area contributed by atoms with E-state index in [1.807, 2.05) is 6.07 Å². The van der Waals surface area contributed by atoms with Crippen molar-refractivity contribution in [1.82, 2.24) is 0 Å². The molecule has 6 heteroatoms. The Bertz CT molecular complexity index is 429. The lowest BCUT2D eigenvalue weighted by Crippen LogP contribution is -2.15. The fraction of sp³-hybridized carbons (Fsp3) is 0.200. The number of benzene rings is 1. The van der Waals surface area contributed by atoms with Gasteiger partial charge in [0.25, 0.3) is 0 Å². The van der Waals surface area contributed by atoms with E-state index in [2.05, 4.69) is 10.1 Å². The van der Waals surface area contributed by atoms with Crippen LogP contribution >= 0.6 is 11.6 Å². The van der Waals surface area contributed by atoms with Crippen LogP contribution in [0.5, 0.6) is 0 Å². The number of halogens is 1. The number of carbonyl (C=O) groups is 1. The predicted molar refractivity (Wildman–Crippen MR) is 58.2 cm³/mol. The third-order valence-corrected chi connectivity index (χ3v) is 1.97. The molecule has 16 heavy (non-hydrogen) atoms. The van der Waals surface area contributed by atoms with E-state index in [9.17, 15) is 4.79 Å². The maximum absolute atomic E-state index is 11.1. The summed E-state index contributed by atoms with van der Waals surface area (Å²) in [6.07, 6.45) is -0.685. The summed E-state index contributed by atoms with van der Waals surface area (Å²) in [5.41, 5.74) is 0.753.